The van der Waals surface area contributed by atoms with Gasteiger partial charge in [0.15, 0.2) is 0 Å². The van der Waals surface area contributed by atoms with Gasteiger partial charge in [-0.1, -0.05) is 6.07 Å². The highest BCUT2D eigenvalue weighted by atomic mass is 79.9. The van der Waals surface area contributed by atoms with Crippen LogP contribution >= 0.6 is 15.9 Å². The molecule has 1 aromatic carbocycles. The smallest absolute Gasteiger partial charge is 0.395 e. The molecule has 0 aliphatic rings. The van der Waals surface area contributed by atoms with Gasteiger partial charge in [-0.15, -0.1) is 0 Å². The minimum atomic E-state index is -4.50. The largest absolute Gasteiger partial charge is 0.406 e. The van der Waals surface area contributed by atoms with Gasteiger partial charge >= 0.3 is 6.18 Å². The summed E-state index contributed by atoms with van der Waals surface area (Å²) in [6.07, 6.45) is -4.50. The van der Waals surface area contributed by atoms with E-state index in [9.17, 15) is 18.0 Å². The van der Waals surface area contributed by atoms with E-state index in [4.69, 9.17) is 5.11 Å². The second-order valence-corrected chi connectivity index (χ2v) is 4.90. The van der Waals surface area contributed by atoms with Gasteiger partial charge in [0.2, 0.25) is 0 Å². The first-order valence-electron chi connectivity index (χ1n) is 5.47. The summed E-state index contributed by atoms with van der Waals surface area (Å²) in [7, 11) is 0. The molecule has 0 saturated carbocycles. The van der Waals surface area contributed by atoms with E-state index < -0.39 is 25.2 Å². The zero-order valence-corrected chi connectivity index (χ0v) is 11.8. The maximum atomic E-state index is 12.4. The van der Waals surface area contributed by atoms with Gasteiger partial charge in [-0.25, -0.2) is 0 Å². The first-order valence-corrected chi connectivity index (χ1v) is 6.27. The fourth-order valence-corrected chi connectivity index (χ4v) is 2.22. The van der Waals surface area contributed by atoms with E-state index in [2.05, 4.69) is 15.9 Å². The molecule has 7 heteroatoms. The molecule has 0 atom stereocenters. The average molecular weight is 340 g/mol. The summed E-state index contributed by atoms with van der Waals surface area (Å²) in [5, 5.41) is 8.77. The Bertz CT molecular complexity index is 463. The Morgan fingerprint density at radius 1 is 1.42 bits per heavy atom. The van der Waals surface area contributed by atoms with Crippen molar-refractivity contribution in [3.63, 3.8) is 0 Å². The number of hydrogen-bond acceptors (Lipinski definition) is 2. The maximum absolute atomic E-state index is 12.4. The Balaban J connectivity index is 2.99. The van der Waals surface area contributed by atoms with E-state index in [1.165, 1.54) is 6.07 Å². The van der Waals surface area contributed by atoms with Crippen LogP contribution in [-0.2, 0) is 0 Å². The Morgan fingerprint density at radius 2 is 2.05 bits per heavy atom. The monoisotopic (exact) mass is 339 g/mol. The van der Waals surface area contributed by atoms with Crippen molar-refractivity contribution in [1.82, 2.24) is 4.90 Å². The van der Waals surface area contributed by atoms with Crippen LogP contribution in [0.3, 0.4) is 0 Å². The second kappa shape index (κ2) is 6.38. The lowest BCUT2D eigenvalue weighted by molar-refractivity contribution is -0.141. The quantitative estimate of drug-likeness (QED) is 0.916. The zero-order chi connectivity index (χ0) is 14.6. The Labute approximate surface area is 117 Å². The van der Waals surface area contributed by atoms with Gasteiger partial charge in [0, 0.05) is 11.0 Å². The summed E-state index contributed by atoms with van der Waals surface area (Å²) in [6, 6.07) is 4.75. The number of carbonyl (C=O) groups excluding carboxylic acids is 1. The van der Waals surface area contributed by atoms with Crippen molar-refractivity contribution in [2.24, 2.45) is 0 Å². The summed E-state index contributed by atoms with van der Waals surface area (Å²) in [4.78, 5) is 12.6. The number of rotatable bonds is 4. The molecule has 0 spiro atoms. The molecule has 0 unspecified atom stereocenters. The van der Waals surface area contributed by atoms with E-state index in [0.717, 1.165) is 5.56 Å². The molecule has 1 aromatic rings. The summed E-state index contributed by atoms with van der Waals surface area (Å²) in [5.41, 5.74) is 1.02. The van der Waals surface area contributed by atoms with Crippen LogP contribution in [0.5, 0.6) is 0 Å². The molecule has 106 valence electrons. The highest BCUT2D eigenvalue weighted by Crippen LogP contribution is 2.22. The van der Waals surface area contributed by atoms with Crippen molar-refractivity contribution in [1.29, 1.82) is 0 Å². The highest BCUT2D eigenvalue weighted by Gasteiger charge is 2.33. The predicted octanol–water partition coefficient (Wildman–Crippen LogP) is 2.75. The molecule has 0 aromatic heterocycles. The van der Waals surface area contributed by atoms with Gasteiger partial charge in [0.05, 0.1) is 12.2 Å². The number of aliphatic hydroxyl groups excluding tert-OH is 1. The van der Waals surface area contributed by atoms with Gasteiger partial charge in [-0.05, 0) is 40.5 Å². The number of halogens is 4. The number of hydrogen-bond donors (Lipinski definition) is 1. The van der Waals surface area contributed by atoms with Gasteiger partial charge < -0.3 is 10.0 Å². The fraction of sp³-hybridized carbons (Fsp3) is 0.417. The molecule has 3 nitrogen and oxygen atoms in total. The van der Waals surface area contributed by atoms with Gasteiger partial charge in [-0.2, -0.15) is 13.2 Å². The molecule has 0 fully saturated rings. The number of nitrogens with zero attached hydrogens (tertiary/aromatic N) is 1. The number of carbonyl (C=O) groups is 1. The summed E-state index contributed by atoms with van der Waals surface area (Å²) in [5.74, 6) is -0.766. The van der Waals surface area contributed by atoms with Crippen LogP contribution in [0, 0.1) is 6.92 Å². The topological polar surface area (TPSA) is 40.5 Å². The molecule has 0 radical (unpaired) electrons. The SMILES string of the molecule is Cc1ccc(C(=O)N(CCO)CC(F)(F)F)c(Br)c1. The van der Waals surface area contributed by atoms with E-state index in [-0.39, 0.29) is 12.1 Å². The number of amides is 1. The second-order valence-electron chi connectivity index (χ2n) is 4.05. The van der Waals surface area contributed by atoms with Crippen LogP contribution in [0.25, 0.3) is 0 Å². The van der Waals surface area contributed by atoms with Gasteiger partial charge in [-0.3, -0.25) is 4.79 Å². The molecular formula is C12H13BrF3NO2. The van der Waals surface area contributed by atoms with Crippen molar-refractivity contribution >= 4 is 21.8 Å². The van der Waals surface area contributed by atoms with Crippen LogP contribution in [0.15, 0.2) is 22.7 Å². The number of alkyl halides is 3. The summed E-state index contributed by atoms with van der Waals surface area (Å²) in [6.45, 7) is -0.461. The minimum Gasteiger partial charge on any atom is -0.395 e. The van der Waals surface area contributed by atoms with Crippen LogP contribution in [0.4, 0.5) is 13.2 Å². The number of aliphatic hydroxyl groups is 1. The van der Waals surface area contributed by atoms with Crippen LogP contribution in [0.1, 0.15) is 15.9 Å². The Kier molecular flexibility index (Phi) is 5.37. The van der Waals surface area contributed by atoms with Crippen LogP contribution in [0.2, 0.25) is 0 Å². The van der Waals surface area contributed by atoms with Gasteiger partial charge in [0.25, 0.3) is 5.91 Å². The molecule has 0 heterocycles. The minimum absolute atomic E-state index is 0.142. The third-order valence-corrected chi connectivity index (χ3v) is 3.04. The lowest BCUT2D eigenvalue weighted by Gasteiger charge is -2.23. The van der Waals surface area contributed by atoms with Crippen LogP contribution < -0.4 is 0 Å². The summed E-state index contributed by atoms with van der Waals surface area (Å²) < 4.78 is 37.6. The molecule has 0 aliphatic carbocycles. The summed E-state index contributed by atoms with van der Waals surface area (Å²) >= 11 is 3.16. The van der Waals surface area contributed by atoms with Crippen molar-refractivity contribution < 1.29 is 23.1 Å². The van der Waals surface area contributed by atoms with Crippen molar-refractivity contribution in [2.75, 3.05) is 19.7 Å². The molecule has 1 rings (SSSR count). The zero-order valence-electron chi connectivity index (χ0n) is 10.2. The molecule has 1 N–H and O–H groups in total. The number of aryl methyl sites for hydroxylation is 1. The molecule has 1 amide bonds. The third-order valence-electron chi connectivity index (χ3n) is 2.38. The standard InChI is InChI=1S/C12H13BrF3NO2/c1-8-2-3-9(10(13)6-8)11(19)17(4-5-18)7-12(14,15)16/h2-3,6,18H,4-5,7H2,1H3. The lowest BCUT2D eigenvalue weighted by Crippen LogP contribution is -2.40. The van der Waals surface area contributed by atoms with E-state index in [1.807, 2.05) is 0 Å². The number of benzene rings is 1. The molecule has 19 heavy (non-hydrogen) atoms. The third kappa shape index (κ3) is 4.83. The molecular weight excluding hydrogens is 327 g/mol. The molecule has 0 saturated heterocycles. The van der Waals surface area contributed by atoms with E-state index >= 15 is 0 Å². The lowest BCUT2D eigenvalue weighted by atomic mass is 10.1. The van der Waals surface area contributed by atoms with Crippen molar-refractivity contribution in [3.05, 3.63) is 33.8 Å². The van der Waals surface area contributed by atoms with Crippen molar-refractivity contribution in [2.45, 2.75) is 13.1 Å². The highest BCUT2D eigenvalue weighted by molar-refractivity contribution is 9.10. The van der Waals surface area contributed by atoms with Gasteiger partial charge in [0.1, 0.15) is 6.54 Å². The normalized spacial score (nSPS) is 11.5. The van der Waals surface area contributed by atoms with Crippen LogP contribution in [-0.4, -0.2) is 41.8 Å². The van der Waals surface area contributed by atoms with E-state index in [0.29, 0.717) is 9.37 Å². The van der Waals surface area contributed by atoms with Crippen molar-refractivity contribution in [3.8, 4) is 0 Å². The first kappa shape index (κ1) is 16.0. The fourth-order valence-electron chi connectivity index (χ4n) is 1.55. The molecule has 0 bridgehead atoms. The maximum Gasteiger partial charge on any atom is 0.406 e. The average Bonchev–Trinajstić information content (AvgIpc) is 2.26. The predicted molar refractivity (Wildman–Crippen MR) is 67.9 cm³/mol. The van der Waals surface area contributed by atoms with E-state index in [1.54, 1.807) is 19.1 Å². The Morgan fingerprint density at radius 3 is 2.53 bits per heavy atom. The Hall–Kier alpha value is -1.08. The molecule has 0 aliphatic heterocycles. The first-order chi connectivity index (χ1) is 8.74.